The molecule has 0 atom stereocenters. The maximum Gasteiger partial charge on any atom is 0.132 e. The number of hydrogen-bond donors (Lipinski definition) is 1. The van der Waals surface area contributed by atoms with Crippen LogP contribution in [-0.2, 0) is 6.61 Å². The lowest BCUT2D eigenvalue weighted by Gasteiger charge is -2.07. The predicted octanol–water partition coefficient (Wildman–Crippen LogP) is 2.63. The van der Waals surface area contributed by atoms with E-state index in [2.05, 4.69) is 5.10 Å². The van der Waals surface area contributed by atoms with Gasteiger partial charge in [-0.05, 0) is 38.1 Å². The minimum atomic E-state index is 0.245. The summed E-state index contributed by atoms with van der Waals surface area (Å²) < 4.78 is 12.5. The molecule has 19 heavy (non-hydrogen) atoms. The summed E-state index contributed by atoms with van der Waals surface area (Å²) in [6.45, 7) is 4.48. The van der Waals surface area contributed by atoms with Crippen LogP contribution in [0.1, 0.15) is 25.6 Å². The Bertz CT molecular complexity index is 532. The van der Waals surface area contributed by atoms with Gasteiger partial charge in [0.25, 0.3) is 0 Å². The summed E-state index contributed by atoms with van der Waals surface area (Å²) in [5.41, 5.74) is 6.70. The predicted molar refractivity (Wildman–Crippen MR) is 74.4 cm³/mol. The van der Waals surface area contributed by atoms with Crippen molar-refractivity contribution in [1.29, 1.82) is 0 Å². The average Bonchev–Trinajstić information content (AvgIpc) is 2.78. The third kappa shape index (κ3) is 3.19. The lowest BCUT2D eigenvalue weighted by molar-refractivity contribution is 0.298. The number of nitrogens with zero attached hydrogens (tertiary/aromatic N) is 2. The third-order valence-electron chi connectivity index (χ3n) is 2.75. The van der Waals surface area contributed by atoms with Gasteiger partial charge in [-0.1, -0.05) is 0 Å². The van der Waals surface area contributed by atoms with Crippen molar-refractivity contribution in [1.82, 2.24) is 9.78 Å². The van der Waals surface area contributed by atoms with Crippen LogP contribution >= 0.6 is 0 Å². The van der Waals surface area contributed by atoms with Gasteiger partial charge in [0.2, 0.25) is 0 Å². The Morgan fingerprint density at radius 2 is 1.84 bits per heavy atom. The van der Waals surface area contributed by atoms with E-state index >= 15 is 0 Å². The number of nitrogens with two attached hydrogens (primary N) is 1. The maximum absolute atomic E-state index is 5.88. The molecule has 5 nitrogen and oxygen atoms in total. The first-order valence-corrected chi connectivity index (χ1v) is 6.21. The van der Waals surface area contributed by atoms with E-state index in [0.29, 0.717) is 12.4 Å². The largest absolute Gasteiger partial charge is 0.497 e. The van der Waals surface area contributed by atoms with Crippen LogP contribution in [0.5, 0.6) is 11.5 Å². The molecular weight excluding hydrogens is 242 g/mol. The molecule has 2 N–H and O–H groups in total. The number of methoxy groups -OCH3 is 1. The summed E-state index contributed by atoms with van der Waals surface area (Å²) >= 11 is 0. The summed E-state index contributed by atoms with van der Waals surface area (Å²) in [6.07, 6.45) is 0. The Morgan fingerprint density at radius 3 is 2.37 bits per heavy atom. The second kappa shape index (κ2) is 5.65. The van der Waals surface area contributed by atoms with Gasteiger partial charge >= 0.3 is 0 Å². The Kier molecular flexibility index (Phi) is 3.94. The highest BCUT2D eigenvalue weighted by Crippen LogP contribution is 2.19. The first kappa shape index (κ1) is 13.3. The minimum absolute atomic E-state index is 0.245. The van der Waals surface area contributed by atoms with E-state index in [9.17, 15) is 0 Å². The molecule has 0 bridgehead atoms. The molecule has 102 valence electrons. The fraction of sp³-hybridized carbons (Fsp3) is 0.357. The molecule has 2 aromatic rings. The van der Waals surface area contributed by atoms with Crippen molar-refractivity contribution < 1.29 is 9.47 Å². The molecular formula is C14H19N3O2. The molecule has 0 unspecified atom stereocenters. The SMILES string of the molecule is COc1ccc(OCc2cc(N)n(C(C)C)n2)cc1. The van der Waals surface area contributed by atoms with Crippen LogP contribution in [0.4, 0.5) is 5.82 Å². The van der Waals surface area contributed by atoms with Crippen LogP contribution in [-0.4, -0.2) is 16.9 Å². The Hall–Kier alpha value is -2.17. The first-order chi connectivity index (χ1) is 9.10. The van der Waals surface area contributed by atoms with Gasteiger partial charge in [-0.3, -0.25) is 0 Å². The van der Waals surface area contributed by atoms with E-state index in [0.717, 1.165) is 17.2 Å². The minimum Gasteiger partial charge on any atom is -0.497 e. The zero-order valence-corrected chi connectivity index (χ0v) is 11.5. The maximum atomic E-state index is 5.88. The van der Waals surface area contributed by atoms with Gasteiger partial charge in [0, 0.05) is 12.1 Å². The zero-order valence-electron chi connectivity index (χ0n) is 11.5. The third-order valence-corrected chi connectivity index (χ3v) is 2.75. The first-order valence-electron chi connectivity index (χ1n) is 6.21. The van der Waals surface area contributed by atoms with Gasteiger partial charge in [0.05, 0.1) is 7.11 Å². The number of aromatic nitrogens is 2. The van der Waals surface area contributed by atoms with Gasteiger partial charge in [-0.25, -0.2) is 4.68 Å². The number of rotatable bonds is 5. The van der Waals surface area contributed by atoms with Gasteiger partial charge < -0.3 is 15.2 Å². The van der Waals surface area contributed by atoms with Crippen molar-refractivity contribution in [2.45, 2.75) is 26.5 Å². The number of anilines is 1. The second-order valence-electron chi connectivity index (χ2n) is 4.56. The molecule has 0 aliphatic heterocycles. The quantitative estimate of drug-likeness (QED) is 0.898. The van der Waals surface area contributed by atoms with E-state index in [4.69, 9.17) is 15.2 Å². The summed E-state index contributed by atoms with van der Waals surface area (Å²) in [5.74, 6) is 2.24. The van der Waals surface area contributed by atoms with Crippen molar-refractivity contribution in [3.8, 4) is 11.5 Å². The van der Waals surface area contributed by atoms with Crippen LogP contribution in [0.3, 0.4) is 0 Å². The van der Waals surface area contributed by atoms with Gasteiger partial charge in [0.1, 0.15) is 29.6 Å². The molecule has 0 aliphatic carbocycles. The van der Waals surface area contributed by atoms with E-state index in [1.165, 1.54) is 0 Å². The van der Waals surface area contributed by atoms with Crippen molar-refractivity contribution in [2.24, 2.45) is 0 Å². The van der Waals surface area contributed by atoms with E-state index < -0.39 is 0 Å². The molecule has 2 rings (SSSR count). The number of hydrogen-bond acceptors (Lipinski definition) is 4. The molecule has 5 heteroatoms. The molecule has 0 fully saturated rings. The molecule has 1 heterocycles. The zero-order chi connectivity index (χ0) is 13.8. The number of benzene rings is 1. The normalized spacial score (nSPS) is 10.7. The van der Waals surface area contributed by atoms with Gasteiger partial charge in [-0.15, -0.1) is 0 Å². The van der Waals surface area contributed by atoms with Gasteiger partial charge in [-0.2, -0.15) is 5.10 Å². The highest BCUT2D eigenvalue weighted by molar-refractivity contribution is 5.33. The molecule has 0 radical (unpaired) electrons. The summed E-state index contributed by atoms with van der Waals surface area (Å²) in [5, 5.41) is 4.40. The highest BCUT2D eigenvalue weighted by Gasteiger charge is 2.08. The van der Waals surface area contributed by atoms with Crippen molar-refractivity contribution in [3.05, 3.63) is 36.0 Å². The van der Waals surface area contributed by atoms with E-state index in [-0.39, 0.29) is 6.04 Å². The molecule has 0 saturated heterocycles. The van der Waals surface area contributed by atoms with Crippen molar-refractivity contribution in [3.63, 3.8) is 0 Å². The fourth-order valence-corrected chi connectivity index (χ4v) is 1.78. The lowest BCUT2D eigenvalue weighted by atomic mass is 10.3. The molecule has 0 aliphatic rings. The lowest BCUT2D eigenvalue weighted by Crippen LogP contribution is -2.07. The second-order valence-corrected chi connectivity index (χ2v) is 4.56. The van der Waals surface area contributed by atoms with Crippen LogP contribution in [0, 0.1) is 0 Å². The molecule has 0 saturated carbocycles. The summed E-state index contributed by atoms with van der Waals surface area (Å²) in [6, 6.07) is 9.52. The number of nitrogen functional groups attached to an aromatic ring is 1. The molecule has 0 amide bonds. The van der Waals surface area contributed by atoms with Crippen molar-refractivity contribution >= 4 is 5.82 Å². The average molecular weight is 261 g/mol. The molecule has 0 spiro atoms. The standard InChI is InChI=1S/C14H19N3O2/c1-10(2)17-14(15)8-11(16-17)9-19-13-6-4-12(18-3)5-7-13/h4-8,10H,9,15H2,1-3H3. The Morgan fingerprint density at radius 1 is 1.21 bits per heavy atom. The molecule has 1 aromatic heterocycles. The van der Waals surface area contributed by atoms with Crippen LogP contribution < -0.4 is 15.2 Å². The number of ether oxygens (including phenoxy) is 2. The van der Waals surface area contributed by atoms with E-state index in [1.807, 2.05) is 44.2 Å². The molecule has 1 aromatic carbocycles. The Labute approximate surface area is 112 Å². The highest BCUT2D eigenvalue weighted by atomic mass is 16.5. The summed E-state index contributed by atoms with van der Waals surface area (Å²) in [7, 11) is 1.64. The van der Waals surface area contributed by atoms with Crippen LogP contribution in [0.15, 0.2) is 30.3 Å². The monoisotopic (exact) mass is 261 g/mol. The fourth-order valence-electron chi connectivity index (χ4n) is 1.78. The van der Waals surface area contributed by atoms with Crippen LogP contribution in [0.25, 0.3) is 0 Å². The topological polar surface area (TPSA) is 62.3 Å². The summed E-state index contributed by atoms with van der Waals surface area (Å²) in [4.78, 5) is 0. The Balaban J connectivity index is 1.99. The van der Waals surface area contributed by atoms with Crippen LogP contribution in [0.2, 0.25) is 0 Å². The smallest absolute Gasteiger partial charge is 0.132 e. The van der Waals surface area contributed by atoms with E-state index in [1.54, 1.807) is 11.8 Å². The van der Waals surface area contributed by atoms with Gasteiger partial charge in [0.15, 0.2) is 0 Å². The van der Waals surface area contributed by atoms with Crippen molar-refractivity contribution in [2.75, 3.05) is 12.8 Å².